The lowest BCUT2D eigenvalue weighted by molar-refractivity contribution is -0.384. The highest BCUT2D eigenvalue weighted by Crippen LogP contribution is 2.15. The molecule has 1 saturated heterocycles. The van der Waals surface area contributed by atoms with Crippen molar-refractivity contribution in [3.8, 4) is 0 Å². The van der Waals surface area contributed by atoms with E-state index in [-0.39, 0.29) is 10.6 Å². The van der Waals surface area contributed by atoms with Crippen molar-refractivity contribution in [1.29, 1.82) is 0 Å². The molecule has 0 unspecified atom stereocenters. The van der Waals surface area contributed by atoms with Crippen molar-refractivity contribution in [3.05, 3.63) is 34.4 Å². The van der Waals surface area contributed by atoms with Crippen molar-refractivity contribution in [2.75, 3.05) is 19.6 Å². The van der Waals surface area contributed by atoms with Crippen LogP contribution in [0.25, 0.3) is 0 Å². The van der Waals surface area contributed by atoms with E-state index in [1.165, 1.54) is 24.3 Å². The van der Waals surface area contributed by atoms with Gasteiger partial charge in [0.25, 0.3) is 5.69 Å². The maximum absolute atomic E-state index is 11.9. The molecule has 1 fully saturated rings. The van der Waals surface area contributed by atoms with Gasteiger partial charge >= 0.3 is 0 Å². The Morgan fingerprint density at radius 2 is 1.94 bits per heavy atom. The van der Waals surface area contributed by atoms with Crippen LogP contribution in [0.5, 0.6) is 0 Å². The summed E-state index contributed by atoms with van der Waals surface area (Å²) < 4.78 is 26.2. The lowest BCUT2D eigenvalue weighted by atomic mass is 10.1. The summed E-state index contributed by atoms with van der Waals surface area (Å²) in [7, 11) is -3.57. The summed E-state index contributed by atoms with van der Waals surface area (Å²) in [6.07, 6.45) is 0. The molecule has 18 heavy (non-hydrogen) atoms. The fourth-order valence-corrected chi connectivity index (χ4v) is 2.67. The number of nitrogens with one attached hydrogen (secondary N) is 2. The summed E-state index contributed by atoms with van der Waals surface area (Å²) in [5.41, 5.74) is -0.128. The Labute approximate surface area is 104 Å². The summed E-state index contributed by atoms with van der Waals surface area (Å²) in [6.45, 7) is 2.00. The average Bonchev–Trinajstić information content (AvgIpc) is 2.27. The minimum Gasteiger partial charge on any atom is -0.316 e. The van der Waals surface area contributed by atoms with Gasteiger partial charge in [0, 0.05) is 31.8 Å². The third-order valence-electron chi connectivity index (χ3n) is 2.79. The predicted molar refractivity (Wildman–Crippen MR) is 64.6 cm³/mol. The van der Waals surface area contributed by atoms with Crippen LogP contribution in [-0.2, 0) is 10.0 Å². The van der Waals surface area contributed by atoms with Gasteiger partial charge in [-0.1, -0.05) is 0 Å². The molecule has 0 amide bonds. The molecule has 0 saturated carbocycles. The van der Waals surface area contributed by atoms with Gasteiger partial charge in [-0.3, -0.25) is 10.1 Å². The number of nitrogens with zero attached hydrogens (tertiary/aromatic N) is 1. The summed E-state index contributed by atoms with van der Waals surface area (Å²) in [4.78, 5) is 9.93. The SMILES string of the molecule is O=[N+]([O-])c1ccc(S(=O)(=O)NCC2CNC2)cc1. The van der Waals surface area contributed by atoms with Crippen molar-refractivity contribution in [1.82, 2.24) is 10.0 Å². The zero-order chi connectivity index (χ0) is 13.2. The monoisotopic (exact) mass is 271 g/mol. The van der Waals surface area contributed by atoms with E-state index in [9.17, 15) is 18.5 Å². The molecule has 1 aromatic carbocycles. The second-order valence-corrected chi connectivity index (χ2v) is 5.89. The summed E-state index contributed by atoms with van der Waals surface area (Å²) >= 11 is 0. The third kappa shape index (κ3) is 2.84. The number of hydrogen-bond acceptors (Lipinski definition) is 5. The molecule has 1 aromatic rings. The van der Waals surface area contributed by atoms with Crippen LogP contribution in [0.1, 0.15) is 0 Å². The second kappa shape index (κ2) is 5.01. The quantitative estimate of drug-likeness (QED) is 0.584. The van der Waals surface area contributed by atoms with Crippen LogP contribution in [0.4, 0.5) is 5.69 Å². The van der Waals surface area contributed by atoms with Crippen molar-refractivity contribution < 1.29 is 13.3 Å². The maximum Gasteiger partial charge on any atom is 0.269 e. The van der Waals surface area contributed by atoms with Gasteiger partial charge in [0.15, 0.2) is 0 Å². The second-order valence-electron chi connectivity index (χ2n) is 4.13. The lowest BCUT2D eigenvalue weighted by Gasteiger charge is -2.26. The average molecular weight is 271 g/mol. The van der Waals surface area contributed by atoms with Gasteiger partial charge < -0.3 is 5.32 Å². The molecule has 2 rings (SSSR count). The van der Waals surface area contributed by atoms with E-state index >= 15 is 0 Å². The Kier molecular flexibility index (Phi) is 3.60. The minimum absolute atomic E-state index is 0.0420. The Hall–Kier alpha value is -1.51. The molecule has 0 spiro atoms. The zero-order valence-electron chi connectivity index (χ0n) is 9.50. The number of hydrogen-bond donors (Lipinski definition) is 2. The van der Waals surface area contributed by atoms with E-state index in [2.05, 4.69) is 10.0 Å². The fraction of sp³-hybridized carbons (Fsp3) is 0.400. The first-order valence-corrected chi connectivity index (χ1v) is 6.92. The van der Waals surface area contributed by atoms with E-state index in [4.69, 9.17) is 0 Å². The van der Waals surface area contributed by atoms with Crippen molar-refractivity contribution in [2.24, 2.45) is 5.92 Å². The lowest BCUT2D eigenvalue weighted by Crippen LogP contribution is -2.48. The van der Waals surface area contributed by atoms with Crippen LogP contribution in [0.3, 0.4) is 0 Å². The predicted octanol–water partition coefficient (Wildman–Crippen LogP) is 0.0925. The molecule has 8 heteroatoms. The van der Waals surface area contributed by atoms with Gasteiger partial charge in [-0.25, -0.2) is 13.1 Å². The van der Waals surface area contributed by atoms with Crippen LogP contribution >= 0.6 is 0 Å². The molecule has 2 N–H and O–H groups in total. The van der Waals surface area contributed by atoms with E-state index in [1.807, 2.05) is 0 Å². The third-order valence-corrected chi connectivity index (χ3v) is 4.23. The molecule has 0 aromatic heterocycles. The summed E-state index contributed by atoms with van der Waals surface area (Å²) in [5, 5.41) is 13.5. The van der Waals surface area contributed by atoms with E-state index in [0.717, 1.165) is 13.1 Å². The smallest absolute Gasteiger partial charge is 0.269 e. The highest BCUT2D eigenvalue weighted by molar-refractivity contribution is 7.89. The fourth-order valence-electron chi connectivity index (χ4n) is 1.55. The number of rotatable bonds is 5. The summed E-state index contributed by atoms with van der Waals surface area (Å²) in [6, 6.07) is 4.83. The number of sulfonamides is 1. The first-order valence-electron chi connectivity index (χ1n) is 5.44. The number of non-ortho nitro benzene ring substituents is 1. The summed E-state index contributed by atoms with van der Waals surface area (Å²) in [5.74, 6) is 0.317. The Morgan fingerprint density at radius 1 is 1.33 bits per heavy atom. The van der Waals surface area contributed by atoms with Gasteiger partial charge in [-0.05, 0) is 18.1 Å². The first-order chi connectivity index (χ1) is 8.49. The van der Waals surface area contributed by atoms with Crippen molar-refractivity contribution in [3.63, 3.8) is 0 Å². The molecule has 1 heterocycles. The molecular weight excluding hydrogens is 258 g/mol. The van der Waals surface area contributed by atoms with Crippen LogP contribution in [0.2, 0.25) is 0 Å². The molecule has 0 aliphatic carbocycles. The molecule has 1 aliphatic rings. The van der Waals surface area contributed by atoms with Crippen LogP contribution < -0.4 is 10.0 Å². The molecule has 1 aliphatic heterocycles. The molecule has 0 radical (unpaired) electrons. The van der Waals surface area contributed by atoms with Gasteiger partial charge in [-0.15, -0.1) is 0 Å². The highest BCUT2D eigenvalue weighted by atomic mass is 32.2. The Morgan fingerprint density at radius 3 is 2.39 bits per heavy atom. The topological polar surface area (TPSA) is 101 Å². The first kappa shape index (κ1) is 12.9. The highest BCUT2D eigenvalue weighted by Gasteiger charge is 2.21. The van der Waals surface area contributed by atoms with Gasteiger partial charge in [0.1, 0.15) is 0 Å². The van der Waals surface area contributed by atoms with Crippen molar-refractivity contribution >= 4 is 15.7 Å². The van der Waals surface area contributed by atoms with Crippen molar-refractivity contribution in [2.45, 2.75) is 4.90 Å². The number of nitro benzene ring substituents is 1. The van der Waals surface area contributed by atoms with E-state index in [0.29, 0.717) is 12.5 Å². The Bertz CT molecular complexity index is 537. The number of benzene rings is 1. The van der Waals surface area contributed by atoms with Crippen LogP contribution in [-0.4, -0.2) is 33.0 Å². The molecular formula is C10H13N3O4S. The molecule has 98 valence electrons. The van der Waals surface area contributed by atoms with E-state index in [1.54, 1.807) is 0 Å². The number of nitro groups is 1. The molecule has 7 nitrogen and oxygen atoms in total. The maximum atomic E-state index is 11.9. The van der Waals surface area contributed by atoms with Gasteiger partial charge in [0.05, 0.1) is 9.82 Å². The zero-order valence-corrected chi connectivity index (χ0v) is 10.3. The van der Waals surface area contributed by atoms with Crippen LogP contribution in [0, 0.1) is 16.0 Å². The largest absolute Gasteiger partial charge is 0.316 e. The minimum atomic E-state index is -3.57. The molecule has 0 atom stereocenters. The molecule has 0 bridgehead atoms. The van der Waals surface area contributed by atoms with E-state index < -0.39 is 14.9 Å². The Balaban J connectivity index is 2.06. The van der Waals surface area contributed by atoms with Gasteiger partial charge in [-0.2, -0.15) is 0 Å². The van der Waals surface area contributed by atoms with Gasteiger partial charge in [0.2, 0.25) is 10.0 Å². The normalized spacial score (nSPS) is 16.2. The van der Waals surface area contributed by atoms with Crippen LogP contribution in [0.15, 0.2) is 29.2 Å². The standard InChI is InChI=1S/C10H13N3O4S/c14-13(15)9-1-3-10(4-2-9)18(16,17)12-7-8-5-11-6-8/h1-4,8,11-12H,5-7H2.